The second kappa shape index (κ2) is 12.2. The van der Waals surface area contributed by atoms with Crippen LogP contribution >= 0.6 is 24.0 Å². The Morgan fingerprint density at radius 1 is 1.07 bits per heavy atom. The van der Waals surface area contributed by atoms with Gasteiger partial charge in [-0.15, -0.1) is 12.4 Å². The minimum atomic E-state index is -0.115. The summed E-state index contributed by atoms with van der Waals surface area (Å²) in [5, 5.41) is 3.81. The van der Waals surface area contributed by atoms with Crippen molar-refractivity contribution < 1.29 is 9.53 Å². The number of hydrogen-bond acceptors (Lipinski definition) is 3. The van der Waals surface area contributed by atoms with Gasteiger partial charge in [-0.3, -0.25) is 9.69 Å². The predicted molar refractivity (Wildman–Crippen MR) is 126 cm³/mol. The Morgan fingerprint density at radius 2 is 1.70 bits per heavy atom. The standard InChI is InChI=1S/C24H31ClN2O2.ClH/c1-18-13-19(2)15-20(14-18)29-17-24(28)26-16-23(21-9-5-6-10-22(21)25)27-11-7-3-4-8-12-27;/h5-6,9-10,13-15,23H,3-4,7-8,11-12,16-17H2,1-2H3,(H,26,28);1H. The number of aryl methyl sites for hydroxylation is 2. The first-order chi connectivity index (χ1) is 14.0. The van der Waals surface area contributed by atoms with Crippen LogP contribution in [0.25, 0.3) is 0 Å². The lowest BCUT2D eigenvalue weighted by molar-refractivity contribution is -0.123. The number of rotatable bonds is 7. The van der Waals surface area contributed by atoms with E-state index < -0.39 is 0 Å². The molecule has 1 atom stereocenters. The van der Waals surface area contributed by atoms with Gasteiger partial charge in [0.05, 0.1) is 6.04 Å². The van der Waals surface area contributed by atoms with Crippen LogP contribution in [0.2, 0.25) is 5.02 Å². The number of hydrogen-bond donors (Lipinski definition) is 1. The molecule has 1 fully saturated rings. The summed E-state index contributed by atoms with van der Waals surface area (Å²) in [5.74, 6) is 0.615. The van der Waals surface area contributed by atoms with Gasteiger partial charge in [-0.05, 0) is 74.7 Å². The van der Waals surface area contributed by atoms with Crippen LogP contribution in [0.1, 0.15) is 48.4 Å². The quantitative estimate of drug-likeness (QED) is 0.605. The number of likely N-dealkylation sites (tertiary alicyclic amines) is 1. The van der Waals surface area contributed by atoms with Gasteiger partial charge < -0.3 is 10.1 Å². The van der Waals surface area contributed by atoms with E-state index in [-0.39, 0.29) is 31.0 Å². The predicted octanol–water partition coefficient (Wildman–Crippen LogP) is 5.49. The van der Waals surface area contributed by atoms with Crippen LogP contribution in [-0.4, -0.2) is 37.0 Å². The molecule has 1 unspecified atom stereocenters. The summed E-state index contributed by atoms with van der Waals surface area (Å²) in [6.45, 7) is 6.65. The van der Waals surface area contributed by atoms with E-state index in [4.69, 9.17) is 16.3 Å². The number of nitrogens with one attached hydrogen (secondary N) is 1. The van der Waals surface area contributed by atoms with E-state index >= 15 is 0 Å². The number of amides is 1. The van der Waals surface area contributed by atoms with Crippen LogP contribution in [0.15, 0.2) is 42.5 Å². The maximum atomic E-state index is 12.5. The molecule has 4 nitrogen and oxygen atoms in total. The summed E-state index contributed by atoms with van der Waals surface area (Å²) in [6, 6.07) is 14.0. The van der Waals surface area contributed by atoms with Crippen molar-refractivity contribution in [2.45, 2.75) is 45.6 Å². The van der Waals surface area contributed by atoms with Crippen LogP contribution in [0.5, 0.6) is 5.75 Å². The summed E-state index contributed by atoms with van der Waals surface area (Å²) >= 11 is 6.50. The van der Waals surface area contributed by atoms with Crippen molar-refractivity contribution >= 4 is 29.9 Å². The maximum Gasteiger partial charge on any atom is 0.258 e. The van der Waals surface area contributed by atoms with Crippen molar-refractivity contribution in [2.24, 2.45) is 0 Å². The molecule has 1 N–H and O–H groups in total. The Bertz CT molecular complexity index is 800. The maximum absolute atomic E-state index is 12.5. The molecule has 0 radical (unpaired) electrons. The van der Waals surface area contributed by atoms with E-state index in [1.54, 1.807) is 0 Å². The molecule has 1 saturated heterocycles. The molecule has 2 aromatic rings. The first-order valence-electron chi connectivity index (χ1n) is 10.5. The molecule has 1 aliphatic rings. The number of carbonyl (C=O) groups is 1. The van der Waals surface area contributed by atoms with Crippen LogP contribution < -0.4 is 10.1 Å². The molecule has 0 bridgehead atoms. The van der Waals surface area contributed by atoms with Gasteiger partial charge in [0.1, 0.15) is 5.75 Å². The van der Waals surface area contributed by atoms with Crippen LogP contribution in [-0.2, 0) is 4.79 Å². The molecular formula is C24H32Cl2N2O2. The second-order valence-corrected chi connectivity index (χ2v) is 8.31. The van der Waals surface area contributed by atoms with Crippen molar-refractivity contribution in [1.82, 2.24) is 10.2 Å². The summed E-state index contributed by atoms with van der Waals surface area (Å²) in [6.07, 6.45) is 4.90. The van der Waals surface area contributed by atoms with Crippen LogP contribution in [0, 0.1) is 13.8 Å². The zero-order chi connectivity index (χ0) is 20.6. The minimum Gasteiger partial charge on any atom is -0.484 e. The van der Waals surface area contributed by atoms with E-state index in [9.17, 15) is 4.79 Å². The minimum absolute atomic E-state index is 0. The first kappa shape index (κ1) is 24.5. The van der Waals surface area contributed by atoms with Gasteiger partial charge in [0.2, 0.25) is 0 Å². The lowest BCUT2D eigenvalue weighted by Gasteiger charge is -2.31. The van der Waals surface area contributed by atoms with Gasteiger partial charge in [-0.1, -0.05) is 48.7 Å². The second-order valence-electron chi connectivity index (χ2n) is 7.90. The molecule has 1 heterocycles. The number of carbonyl (C=O) groups excluding carboxylic acids is 1. The zero-order valence-electron chi connectivity index (χ0n) is 17.8. The molecule has 1 aliphatic heterocycles. The summed E-state index contributed by atoms with van der Waals surface area (Å²) in [4.78, 5) is 14.9. The Labute approximate surface area is 191 Å². The third-order valence-electron chi connectivity index (χ3n) is 5.40. The average molecular weight is 451 g/mol. The molecule has 2 aromatic carbocycles. The third kappa shape index (κ3) is 7.19. The van der Waals surface area contributed by atoms with Crippen molar-refractivity contribution in [1.29, 1.82) is 0 Å². The normalized spacial score (nSPS) is 15.6. The molecule has 0 aromatic heterocycles. The van der Waals surface area contributed by atoms with Gasteiger partial charge in [-0.25, -0.2) is 0 Å². The monoisotopic (exact) mass is 450 g/mol. The summed E-state index contributed by atoms with van der Waals surface area (Å²) < 4.78 is 5.70. The lowest BCUT2D eigenvalue weighted by atomic mass is 10.0. The largest absolute Gasteiger partial charge is 0.484 e. The van der Waals surface area contributed by atoms with Crippen molar-refractivity contribution in [3.8, 4) is 5.75 Å². The molecule has 1 amide bonds. The van der Waals surface area contributed by atoms with Crippen molar-refractivity contribution in [3.63, 3.8) is 0 Å². The smallest absolute Gasteiger partial charge is 0.258 e. The molecule has 164 valence electrons. The van der Waals surface area contributed by atoms with Gasteiger partial charge in [0.15, 0.2) is 6.61 Å². The highest BCUT2D eigenvalue weighted by Gasteiger charge is 2.24. The lowest BCUT2D eigenvalue weighted by Crippen LogP contribution is -2.40. The number of halogens is 2. The SMILES string of the molecule is Cc1cc(C)cc(OCC(=O)NCC(c2ccccc2Cl)N2CCCCCC2)c1.Cl. The first-order valence-corrected chi connectivity index (χ1v) is 10.9. The number of benzene rings is 2. The number of ether oxygens (including phenoxy) is 1. The molecule has 6 heteroatoms. The highest BCUT2D eigenvalue weighted by atomic mass is 35.5. The fourth-order valence-corrected chi connectivity index (χ4v) is 4.28. The summed E-state index contributed by atoms with van der Waals surface area (Å²) in [5.41, 5.74) is 3.33. The van der Waals surface area contributed by atoms with Gasteiger partial charge >= 0.3 is 0 Å². The van der Waals surface area contributed by atoms with E-state index in [1.807, 2.05) is 44.2 Å². The topological polar surface area (TPSA) is 41.6 Å². The van der Waals surface area contributed by atoms with Gasteiger partial charge in [-0.2, -0.15) is 0 Å². The molecule has 0 saturated carbocycles. The highest BCUT2D eigenvalue weighted by Crippen LogP contribution is 2.29. The summed E-state index contributed by atoms with van der Waals surface area (Å²) in [7, 11) is 0. The van der Waals surface area contributed by atoms with E-state index in [1.165, 1.54) is 25.7 Å². The highest BCUT2D eigenvalue weighted by molar-refractivity contribution is 6.31. The van der Waals surface area contributed by atoms with E-state index in [2.05, 4.69) is 22.3 Å². The zero-order valence-corrected chi connectivity index (χ0v) is 19.4. The fourth-order valence-electron chi connectivity index (χ4n) is 4.01. The van der Waals surface area contributed by atoms with E-state index in [0.29, 0.717) is 6.54 Å². The Morgan fingerprint density at radius 3 is 2.33 bits per heavy atom. The molecule has 3 rings (SSSR count). The fraction of sp³-hybridized carbons (Fsp3) is 0.458. The van der Waals surface area contributed by atoms with Crippen LogP contribution in [0.4, 0.5) is 0 Å². The molecule has 0 aliphatic carbocycles. The van der Waals surface area contributed by atoms with Crippen molar-refractivity contribution in [2.75, 3.05) is 26.2 Å². The van der Waals surface area contributed by atoms with Gasteiger partial charge in [0, 0.05) is 11.6 Å². The molecule has 30 heavy (non-hydrogen) atoms. The van der Waals surface area contributed by atoms with Crippen LogP contribution in [0.3, 0.4) is 0 Å². The van der Waals surface area contributed by atoms with Gasteiger partial charge in [0.25, 0.3) is 5.91 Å². The van der Waals surface area contributed by atoms with Crippen molar-refractivity contribution in [3.05, 3.63) is 64.2 Å². The number of nitrogens with zero attached hydrogens (tertiary/aromatic N) is 1. The van der Waals surface area contributed by atoms with E-state index in [0.717, 1.165) is 40.6 Å². The third-order valence-corrected chi connectivity index (χ3v) is 5.75. The Kier molecular flexibility index (Phi) is 9.96. The molecular weight excluding hydrogens is 419 g/mol. The average Bonchev–Trinajstić information content (AvgIpc) is 2.97. The molecule has 0 spiro atoms. The Balaban J connectivity index is 0.00000320. The Hall–Kier alpha value is -1.75.